The number of aromatic hydroxyl groups is 1. The van der Waals surface area contributed by atoms with Crippen LogP contribution in [0.3, 0.4) is 0 Å². The van der Waals surface area contributed by atoms with Gasteiger partial charge in [0.2, 0.25) is 0 Å². The third-order valence-electron chi connectivity index (χ3n) is 3.10. The Hall–Kier alpha value is -2.73. The van der Waals surface area contributed by atoms with Gasteiger partial charge >= 0.3 is 6.01 Å². The molecule has 0 saturated heterocycles. The summed E-state index contributed by atoms with van der Waals surface area (Å²) < 4.78 is 10.9. The number of phenolic OH excluding ortho intramolecular Hbond substituents is 1. The van der Waals surface area contributed by atoms with Crippen molar-refractivity contribution in [1.29, 1.82) is 0 Å². The largest absolute Gasteiger partial charge is 0.508 e. The number of hydrogen-bond donors (Lipinski definition) is 2. The summed E-state index contributed by atoms with van der Waals surface area (Å²) in [5.41, 5.74) is 1.08. The van der Waals surface area contributed by atoms with Crippen molar-refractivity contribution in [3.05, 3.63) is 47.5 Å². The molecular weight excluding hydrogens is 320 g/mol. The molecule has 23 heavy (non-hydrogen) atoms. The van der Waals surface area contributed by atoms with Crippen molar-refractivity contribution in [2.75, 3.05) is 5.32 Å². The molecule has 1 heterocycles. The van der Waals surface area contributed by atoms with Crippen molar-refractivity contribution < 1.29 is 19.1 Å². The standard InChI is InChI=1S/C16H13ClN2O4/c1-9(22-12-5-3-11(20)4-6-12)15(21)19-16-18-13-7-2-10(17)8-14(13)23-16/h2-9,20H,1H3,(H,18,19,21)/t9-/m1/s1. The predicted molar refractivity (Wildman–Crippen MR) is 85.8 cm³/mol. The predicted octanol–water partition coefficient (Wildman–Crippen LogP) is 3.59. The zero-order valence-corrected chi connectivity index (χ0v) is 12.9. The number of ether oxygens (including phenoxy) is 1. The van der Waals surface area contributed by atoms with Gasteiger partial charge in [-0.2, -0.15) is 4.98 Å². The number of anilines is 1. The SMILES string of the molecule is C[C@@H](Oc1ccc(O)cc1)C(=O)Nc1nc2ccc(Cl)cc2o1. The lowest BCUT2D eigenvalue weighted by atomic mass is 10.3. The first kappa shape index (κ1) is 15.2. The van der Waals surface area contributed by atoms with Crippen molar-refractivity contribution in [2.24, 2.45) is 0 Å². The second-order valence-corrected chi connectivity index (χ2v) is 5.31. The molecule has 0 saturated carbocycles. The topological polar surface area (TPSA) is 84.6 Å². The van der Waals surface area contributed by atoms with Crippen LogP contribution in [0.4, 0.5) is 6.01 Å². The van der Waals surface area contributed by atoms with Crippen LogP contribution in [0.5, 0.6) is 11.5 Å². The van der Waals surface area contributed by atoms with Gasteiger partial charge in [-0.05, 0) is 43.3 Å². The van der Waals surface area contributed by atoms with E-state index in [0.717, 1.165) is 0 Å². The molecule has 0 bridgehead atoms. The second kappa shape index (κ2) is 6.18. The average molecular weight is 333 g/mol. The van der Waals surface area contributed by atoms with Gasteiger partial charge in [-0.1, -0.05) is 11.6 Å². The number of fused-ring (bicyclic) bond motifs is 1. The van der Waals surface area contributed by atoms with E-state index in [4.69, 9.17) is 20.8 Å². The summed E-state index contributed by atoms with van der Waals surface area (Å²) in [4.78, 5) is 16.3. The van der Waals surface area contributed by atoms with Crippen LogP contribution < -0.4 is 10.1 Å². The molecule has 0 radical (unpaired) electrons. The minimum Gasteiger partial charge on any atom is -0.508 e. The monoisotopic (exact) mass is 332 g/mol. The van der Waals surface area contributed by atoms with E-state index in [1.807, 2.05) is 0 Å². The molecule has 2 N–H and O–H groups in total. The smallest absolute Gasteiger partial charge is 0.302 e. The van der Waals surface area contributed by atoms with Gasteiger partial charge in [0.25, 0.3) is 5.91 Å². The lowest BCUT2D eigenvalue weighted by Crippen LogP contribution is -2.30. The van der Waals surface area contributed by atoms with Gasteiger partial charge in [0.1, 0.15) is 17.0 Å². The molecule has 0 aliphatic carbocycles. The molecule has 3 rings (SSSR count). The molecule has 1 amide bonds. The molecule has 118 valence electrons. The van der Waals surface area contributed by atoms with Crippen LogP contribution in [0.25, 0.3) is 11.1 Å². The van der Waals surface area contributed by atoms with E-state index in [2.05, 4.69) is 10.3 Å². The third-order valence-corrected chi connectivity index (χ3v) is 3.33. The molecule has 7 heteroatoms. The van der Waals surface area contributed by atoms with E-state index < -0.39 is 12.0 Å². The van der Waals surface area contributed by atoms with Gasteiger partial charge in [0.15, 0.2) is 11.7 Å². The Balaban J connectivity index is 1.68. The first-order chi connectivity index (χ1) is 11.0. The van der Waals surface area contributed by atoms with Gasteiger partial charge < -0.3 is 14.3 Å². The molecule has 1 atom stereocenters. The maximum absolute atomic E-state index is 12.1. The van der Waals surface area contributed by atoms with E-state index in [-0.39, 0.29) is 11.8 Å². The quantitative estimate of drug-likeness (QED) is 0.762. The summed E-state index contributed by atoms with van der Waals surface area (Å²) in [7, 11) is 0. The zero-order valence-electron chi connectivity index (χ0n) is 12.1. The number of benzene rings is 2. The van der Waals surface area contributed by atoms with Gasteiger partial charge in [-0.15, -0.1) is 0 Å². The molecule has 0 aliphatic rings. The average Bonchev–Trinajstić information content (AvgIpc) is 2.90. The summed E-state index contributed by atoms with van der Waals surface area (Å²) in [6.45, 7) is 1.60. The van der Waals surface area contributed by atoms with Crippen molar-refractivity contribution in [3.63, 3.8) is 0 Å². The highest BCUT2D eigenvalue weighted by Gasteiger charge is 2.17. The van der Waals surface area contributed by atoms with Crippen LogP contribution in [-0.4, -0.2) is 22.1 Å². The van der Waals surface area contributed by atoms with Crippen molar-refractivity contribution in [3.8, 4) is 11.5 Å². The number of hydrogen-bond acceptors (Lipinski definition) is 5. The zero-order chi connectivity index (χ0) is 16.4. The van der Waals surface area contributed by atoms with Gasteiger partial charge in [-0.25, -0.2) is 0 Å². The lowest BCUT2D eigenvalue weighted by molar-refractivity contribution is -0.122. The summed E-state index contributed by atoms with van der Waals surface area (Å²) >= 11 is 5.87. The van der Waals surface area contributed by atoms with Crippen molar-refractivity contribution in [1.82, 2.24) is 4.98 Å². The number of nitrogens with one attached hydrogen (secondary N) is 1. The Labute approximate surface area is 136 Å². The minimum absolute atomic E-state index is 0.0772. The molecular formula is C16H13ClN2O4. The number of halogens is 1. The Morgan fingerprint density at radius 3 is 2.78 bits per heavy atom. The van der Waals surface area contributed by atoms with E-state index >= 15 is 0 Å². The number of carbonyl (C=O) groups excluding carboxylic acids is 1. The fourth-order valence-electron chi connectivity index (χ4n) is 1.94. The van der Waals surface area contributed by atoms with Gasteiger partial charge in [-0.3, -0.25) is 10.1 Å². The van der Waals surface area contributed by atoms with Crippen molar-refractivity contribution >= 4 is 34.6 Å². The normalized spacial score (nSPS) is 12.1. The maximum Gasteiger partial charge on any atom is 0.302 e. The Bertz CT molecular complexity index is 845. The number of amides is 1. The summed E-state index contributed by atoms with van der Waals surface area (Å²) in [5.74, 6) is 0.185. The van der Waals surface area contributed by atoms with Crippen molar-refractivity contribution in [2.45, 2.75) is 13.0 Å². The highest BCUT2D eigenvalue weighted by Crippen LogP contribution is 2.23. The lowest BCUT2D eigenvalue weighted by Gasteiger charge is -2.13. The molecule has 2 aromatic carbocycles. The van der Waals surface area contributed by atoms with E-state index in [1.165, 1.54) is 12.1 Å². The Morgan fingerprint density at radius 1 is 1.30 bits per heavy atom. The number of rotatable bonds is 4. The summed E-state index contributed by atoms with van der Waals surface area (Å²) in [6, 6.07) is 11.2. The highest BCUT2D eigenvalue weighted by atomic mass is 35.5. The van der Waals surface area contributed by atoms with Crippen LogP contribution in [0.15, 0.2) is 46.9 Å². The molecule has 0 unspecified atom stereocenters. The molecule has 0 aliphatic heterocycles. The molecule has 0 fully saturated rings. The maximum atomic E-state index is 12.1. The number of nitrogens with zero attached hydrogens (tertiary/aromatic N) is 1. The fraction of sp³-hybridized carbons (Fsp3) is 0.125. The number of phenols is 1. The van der Waals surface area contributed by atoms with Gasteiger partial charge in [0.05, 0.1) is 0 Å². The van der Waals surface area contributed by atoms with Gasteiger partial charge in [0, 0.05) is 11.1 Å². The van der Waals surface area contributed by atoms with Crippen LogP contribution in [0.1, 0.15) is 6.92 Å². The Morgan fingerprint density at radius 2 is 2.04 bits per heavy atom. The molecule has 3 aromatic rings. The van der Waals surface area contributed by atoms with E-state index in [9.17, 15) is 9.90 Å². The molecule has 1 aromatic heterocycles. The first-order valence-corrected chi connectivity index (χ1v) is 7.22. The first-order valence-electron chi connectivity index (χ1n) is 6.84. The van der Waals surface area contributed by atoms with Crippen LogP contribution in [0.2, 0.25) is 5.02 Å². The summed E-state index contributed by atoms with van der Waals surface area (Å²) in [5, 5.41) is 12.3. The minimum atomic E-state index is -0.766. The van der Waals surface area contributed by atoms with E-state index in [0.29, 0.717) is 21.9 Å². The third kappa shape index (κ3) is 3.54. The Kier molecular flexibility index (Phi) is 4.08. The van der Waals surface area contributed by atoms with Crippen LogP contribution >= 0.6 is 11.6 Å². The molecule has 6 nitrogen and oxygen atoms in total. The second-order valence-electron chi connectivity index (χ2n) is 4.87. The number of aromatic nitrogens is 1. The van der Waals surface area contributed by atoms with Crippen LogP contribution in [-0.2, 0) is 4.79 Å². The highest BCUT2D eigenvalue weighted by molar-refractivity contribution is 6.31. The number of carbonyl (C=O) groups is 1. The van der Waals surface area contributed by atoms with E-state index in [1.54, 1.807) is 37.3 Å². The van der Waals surface area contributed by atoms with Crippen LogP contribution in [0, 0.1) is 0 Å². The fourth-order valence-corrected chi connectivity index (χ4v) is 2.10. The summed E-state index contributed by atoms with van der Waals surface area (Å²) in [6.07, 6.45) is -0.766. The molecule has 0 spiro atoms. The number of oxazole rings is 1.